The van der Waals surface area contributed by atoms with Gasteiger partial charge in [0.1, 0.15) is 17.7 Å². The second kappa shape index (κ2) is 13.2. The predicted octanol–water partition coefficient (Wildman–Crippen LogP) is 2.72. The van der Waals surface area contributed by atoms with Crippen molar-refractivity contribution in [3.8, 4) is 5.75 Å². The van der Waals surface area contributed by atoms with Crippen molar-refractivity contribution in [1.82, 2.24) is 15.5 Å². The molecule has 0 saturated carbocycles. The third-order valence-electron chi connectivity index (χ3n) is 3.31. The largest absolute Gasteiger partial charge is 0.489 e. The summed E-state index contributed by atoms with van der Waals surface area (Å²) in [5, 5.41) is 6.50. The Hall–Kier alpha value is -1.09. The summed E-state index contributed by atoms with van der Waals surface area (Å²) in [6.07, 6.45) is -0.134. The van der Waals surface area contributed by atoms with Crippen LogP contribution in [0.2, 0.25) is 0 Å². The molecule has 0 fully saturated rings. The number of rotatable bonds is 9. The molecular formula is C17H30FIN4O. The van der Waals surface area contributed by atoms with Crippen molar-refractivity contribution in [2.75, 3.05) is 39.8 Å². The molecule has 7 heteroatoms. The van der Waals surface area contributed by atoms with E-state index in [1.807, 2.05) is 13.8 Å². The first-order valence-electron chi connectivity index (χ1n) is 8.18. The van der Waals surface area contributed by atoms with Gasteiger partial charge in [-0.05, 0) is 39.6 Å². The lowest BCUT2D eigenvalue weighted by molar-refractivity contribution is 0.229. The van der Waals surface area contributed by atoms with E-state index in [1.54, 1.807) is 12.1 Å². The van der Waals surface area contributed by atoms with E-state index in [-0.39, 0.29) is 35.9 Å². The third-order valence-corrected chi connectivity index (χ3v) is 3.31. The van der Waals surface area contributed by atoms with Gasteiger partial charge in [-0.25, -0.2) is 9.38 Å². The molecule has 0 aliphatic rings. The van der Waals surface area contributed by atoms with Crippen LogP contribution in [0.1, 0.15) is 20.8 Å². The van der Waals surface area contributed by atoms with Gasteiger partial charge in [-0.3, -0.25) is 0 Å². The Bertz CT molecular complexity index is 487. The van der Waals surface area contributed by atoms with Crippen molar-refractivity contribution in [2.24, 2.45) is 4.99 Å². The summed E-state index contributed by atoms with van der Waals surface area (Å²) < 4.78 is 18.8. The van der Waals surface area contributed by atoms with Crippen molar-refractivity contribution < 1.29 is 9.13 Å². The van der Waals surface area contributed by atoms with Gasteiger partial charge in [-0.15, -0.1) is 24.0 Å². The zero-order valence-corrected chi connectivity index (χ0v) is 17.3. The summed E-state index contributed by atoms with van der Waals surface area (Å²) in [6.45, 7) is 10.2. The first-order valence-corrected chi connectivity index (χ1v) is 8.18. The molecule has 1 aromatic carbocycles. The summed E-state index contributed by atoms with van der Waals surface area (Å²) in [6, 6.07) is 6.16. The van der Waals surface area contributed by atoms with Crippen LogP contribution < -0.4 is 15.4 Å². The van der Waals surface area contributed by atoms with Crippen molar-refractivity contribution >= 4 is 29.9 Å². The lowest BCUT2D eigenvalue weighted by atomic mass is 10.3. The first-order chi connectivity index (χ1) is 11.0. The van der Waals surface area contributed by atoms with Crippen molar-refractivity contribution in [2.45, 2.75) is 26.9 Å². The van der Waals surface area contributed by atoms with Gasteiger partial charge in [0.05, 0.1) is 6.54 Å². The molecule has 1 unspecified atom stereocenters. The molecule has 0 aliphatic carbocycles. The van der Waals surface area contributed by atoms with Gasteiger partial charge < -0.3 is 20.3 Å². The first kappa shape index (κ1) is 22.9. The number of likely N-dealkylation sites (N-methyl/N-ethyl adjacent to an activating group) is 1. The molecule has 0 bridgehead atoms. The van der Waals surface area contributed by atoms with E-state index in [1.165, 1.54) is 12.1 Å². The Labute approximate surface area is 162 Å². The Balaban J connectivity index is 0.00000529. The fourth-order valence-electron chi connectivity index (χ4n) is 1.89. The van der Waals surface area contributed by atoms with Crippen LogP contribution in [0, 0.1) is 5.82 Å². The minimum atomic E-state index is -0.298. The Morgan fingerprint density at radius 1 is 1.33 bits per heavy atom. The highest BCUT2D eigenvalue weighted by atomic mass is 127. The molecule has 138 valence electrons. The number of nitrogens with zero attached hydrogens (tertiary/aromatic N) is 2. The highest BCUT2D eigenvalue weighted by Crippen LogP contribution is 2.13. The molecule has 0 aliphatic heterocycles. The summed E-state index contributed by atoms with van der Waals surface area (Å²) in [7, 11) is 2.08. The average Bonchev–Trinajstić information content (AvgIpc) is 2.52. The lowest BCUT2D eigenvalue weighted by Gasteiger charge is -2.17. The average molecular weight is 452 g/mol. The van der Waals surface area contributed by atoms with E-state index >= 15 is 0 Å². The van der Waals surface area contributed by atoms with Gasteiger partial charge in [-0.2, -0.15) is 0 Å². The third kappa shape index (κ3) is 9.92. The van der Waals surface area contributed by atoms with Crippen molar-refractivity contribution in [1.29, 1.82) is 0 Å². The molecule has 0 aromatic heterocycles. The summed E-state index contributed by atoms with van der Waals surface area (Å²) in [4.78, 5) is 6.74. The van der Waals surface area contributed by atoms with Gasteiger partial charge in [0.15, 0.2) is 5.96 Å². The summed E-state index contributed by atoms with van der Waals surface area (Å²) in [5.41, 5.74) is 0. The molecule has 0 heterocycles. The molecule has 5 nitrogen and oxygen atoms in total. The van der Waals surface area contributed by atoms with Crippen LogP contribution in [0.4, 0.5) is 4.39 Å². The topological polar surface area (TPSA) is 48.9 Å². The summed E-state index contributed by atoms with van der Waals surface area (Å²) >= 11 is 0. The van der Waals surface area contributed by atoms with Crippen LogP contribution in [0.3, 0.4) is 0 Å². The molecular weight excluding hydrogens is 422 g/mol. The monoisotopic (exact) mass is 452 g/mol. The SMILES string of the molecule is CCNC(=NCC(C)Oc1cccc(F)c1)NCCN(C)CC.I. The molecule has 0 saturated heterocycles. The van der Waals surface area contributed by atoms with Crippen LogP contribution in [-0.2, 0) is 0 Å². The number of aliphatic imine (C=N–C) groups is 1. The molecule has 2 N–H and O–H groups in total. The second-order valence-electron chi connectivity index (χ2n) is 5.43. The lowest BCUT2D eigenvalue weighted by Crippen LogP contribution is -2.41. The zero-order valence-electron chi connectivity index (χ0n) is 15.0. The van der Waals surface area contributed by atoms with Gasteiger partial charge >= 0.3 is 0 Å². The highest BCUT2D eigenvalue weighted by molar-refractivity contribution is 14.0. The van der Waals surface area contributed by atoms with E-state index in [0.717, 1.165) is 32.1 Å². The molecule has 1 aromatic rings. The van der Waals surface area contributed by atoms with E-state index in [0.29, 0.717) is 12.3 Å². The number of hydrogen-bond donors (Lipinski definition) is 2. The minimum absolute atomic E-state index is 0. The van der Waals surface area contributed by atoms with Crippen LogP contribution in [0.5, 0.6) is 5.75 Å². The second-order valence-corrected chi connectivity index (χ2v) is 5.43. The maximum atomic E-state index is 13.1. The fourth-order valence-corrected chi connectivity index (χ4v) is 1.89. The minimum Gasteiger partial charge on any atom is -0.489 e. The standard InChI is InChI=1S/C17H29FN4O.HI/c1-5-19-17(20-10-11-22(4)6-2)21-13-14(3)23-16-9-7-8-15(18)12-16;/h7-9,12,14H,5-6,10-11,13H2,1-4H3,(H2,19,20,21);1H. The van der Waals surface area contributed by atoms with Gasteiger partial charge in [0, 0.05) is 25.7 Å². The number of nitrogens with one attached hydrogen (secondary N) is 2. The molecule has 1 rings (SSSR count). The number of guanidine groups is 1. The van der Waals surface area contributed by atoms with Crippen LogP contribution in [0.15, 0.2) is 29.3 Å². The van der Waals surface area contributed by atoms with E-state index in [4.69, 9.17) is 4.74 Å². The zero-order chi connectivity index (χ0) is 17.1. The maximum Gasteiger partial charge on any atom is 0.191 e. The molecule has 24 heavy (non-hydrogen) atoms. The molecule has 0 spiro atoms. The quantitative estimate of drug-likeness (QED) is 0.344. The predicted molar refractivity (Wildman–Crippen MR) is 109 cm³/mol. The Morgan fingerprint density at radius 2 is 2.08 bits per heavy atom. The van der Waals surface area contributed by atoms with Gasteiger partial charge in [0.25, 0.3) is 0 Å². The fraction of sp³-hybridized carbons (Fsp3) is 0.588. The molecule has 0 amide bonds. The number of halogens is 2. The maximum absolute atomic E-state index is 13.1. The highest BCUT2D eigenvalue weighted by Gasteiger charge is 2.05. The van der Waals surface area contributed by atoms with Crippen LogP contribution in [-0.4, -0.2) is 56.7 Å². The Kier molecular flexibility index (Phi) is 12.6. The van der Waals surface area contributed by atoms with Crippen molar-refractivity contribution in [3.63, 3.8) is 0 Å². The van der Waals surface area contributed by atoms with E-state index < -0.39 is 0 Å². The van der Waals surface area contributed by atoms with Crippen LogP contribution >= 0.6 is 24.0 Å². The van der Waals surface area contributed by atoms with E-state index in [9.17, 15) is 4.39 Å². The summed E-state index contributed by atoms with van der Waals surface area (Å²) in [5.74, 6) is 0.996. The molecule has 0 radical (unpaired) electrons. The van der Waals surface area contributed by atoms with E-state index in [2.05, 4.69) is 34.5 Å². The number of ether oxygens (including phenoxy) is 1. The van der Waals surface area contributed by atoms with Crippen molar-refractivity contribution in [3.05, 3.63) is 30.1 Å². The van der Waals surface area contributed by atoms with Crippen LogP contribution in [0.25, 0.3) is 0 Å². The molecule has 1 atom stereocenters. The number of benzene rings is 1. The Morgan fingerprint density at radius 3 is 2.71 bits per heavy atom. The smallest absolute Gasteiger partial charge is 0.191 e. The van der Waals surface area contributed by atoms with Gasteiger partial charge in [0.2, 0.25) is 0 Å². The van der Waals surface area contributed by atoms with Gasteiger partial charge in [-0.1, -0.05) is 13.0 Å². The normalized spacial score (nSPS) is 12.5. The number of hydrogen-bond acceptors (Lipinski definition) is 3.